The zero-order chi connectivity index (χ0) is 27.5. The molecule has 8 heteroatoms. The van der Waals surface area contributed by atoms with Gasteiger partial charge in [0.15, 0.2) is 0 Å². The molecule has 2 aromatic rings. The second kappa shape index (κ2) is 14.0. The highest BCUT2D eigenvalue weighted by Crippen LogP contribution is 2.35. The Kier molecular flexibility index (Phi) is 10.8. The topological polar surface area (TPSA) is 97.3 Å². The molecule has 1 fully saturated rings. The number of benzene rings is 2. The lowest BCUT2D eigenvalue weighted by Gasteiger charge is -2.38. The van der Waals surface area contributed by atoms with Crippen molar-refractivity contribution in [2.45, 2.75) is 71.4 Å². The zero-order valence-electron chi connectivity index (χ0n) is 23.1. The lowest BCUT2D eigenvalue weighted by molar-refractivity contribution is -0.148. The van der Waals surface area contributed by atoms with Gasteiger partial charge in [-0.3, -0.25) is 0 Å². The maximum Gasteiger partial charge on any atom is 0.329 e. The molecule has 0 aromatic heterocycles. The van der Waals surface area contributed by atoms with Crippen LogP contribution in [0.2, 0.25) is 0 Å². The Morgan fingerprint density at radius 2 is 1.66 bits per heavy atom. The maximum atomic E-state index is 13.7. The molecule has 0 unspecified atom stereocenters. The third-order valence-corrected chi connectivity index (χ3v) is 7.20. The van der Waals surface area contributed by atoms with Gasteiger partial charge < -0.3 is 29.5 Å². The Bertz CT molecular complexity index is 1020. The molecule has 1 heterocycles. The molecular weight excluding hydrogens is 484 g/mol. The van der Waals surface area contributed by atoms with Gasteiger partial charge in [-0.1, -0.05) is 30.3 Å². The number of carboxylic acid groups (broad SMARTS) is 1. The molecule has 1 atom stereocenters. The average molecular weight is 527 g/mol. The Morgan fingerprint density at radius 3 is 2.21 bits per heavy atom. The second-order valence-corrected chi connectivity index (χ2v) is 9.75. The number of aliphatic carboxylic acids is 1. The van der Waals surface area contributed by atoms with E-state index in [1.807, 2.05) is 58.0 Å². The van der Waals surface area contributed by atoms with Gasteiger partial charge in [0.25, 0.3) is 0 Å². The van der Waals surface area contributed by atoms with Crippen LogP contribution >= 0.6 is 0 Å². The summed E-state index contributed by atoms with van der Waals surface area (Å²) in [5.41, 5.74) is 1.70. The fourth-order valence-electron chi connectivity index (χ4n) is 4.83. The number of nitrogens with one attached hydrogen (secondary N) is 1. The summed E-state index contributed by atoms with van der Waals surface area (Å²) >= 11 is 0. The van der Waals surface area contributed by atoms with E-state index in [9.17, 15) is 14.7 Å². The molecule has 2 aromatic carbocycles. The Labute approximate surface area is 226 Å². The van der Waals surface area contributed by atoms with Crippen LogP contribution in [0.1, 0.15) is 69.2 Å². The standard InChI is InChI=1S/C30H42N2O6/c1-5-37-26-20-25(21-27(22(26)3)38-6-2)23(4)32(17-11-10-14-24-12-8-7-9-13-24)29(35)31-30(28(33)34)15-18-36-19-16-30/h7-9,12-13,20-21,23H,5-6,10-11,14-19H2,1-4H3,(H,31,35)(H,33,34)/t23-/m1/s1. The molecule has 2 N–H and O–H groups in total. The smallest absolute Gasteiger partial charge is 0.329 e. The van der Waals surface area contributed by atoms with Crippen molar-refractivity contribution in [3.05, 3.63) is 59.2 Å². The summed E-state index contributed by atoms with van der Waals surface area (Å²) in [7, 11) is 0. The van der Waals surface area contributed by atoms with Gasteiger partial charge in [-0.25, -0.2) is 9.59 Å². The number of ether oxygens (including phenoxy) is 3. The van der Waals surface area contributed by atoms with Crippen molar-refractivity contribution < 1.29 is 28.9 Å². The van der Waals surface area contributed by atoms with Crippen molar-refractivity contribution >= 4 is 12.0 Å². The van der Waals surface area contributed by atoms with E-state index in [0.717, 1.165) is 41.9 Å². The third kappa shape index (κ3) is 7.40. The van der Waals surface area contributed by atoms with Crippen molar-refractivity contribution in [2.75, 3.05) is 33.0 Å². The molecule has 0 radical (unpaired) electrons. The summed E-state index contributed by atoms with van der Waals surface area (Å²) in [5, 5.41) is 12.9. The number of carbonyl (C=O) groups is 2. The quantitative estimate of drug-likeness (QED) is 0.334. The van der Waals surface area contributed by atoms with Crippen LogP contribution in [0.15, 0.2) is 42.5 Å². The lowest BCUT2D eigenvalue weighted by atomic mass is 9.90. The minimum absolute atomic E-state index is 0.234. The van der Waals surface area contributed by atoms with Crippen molar-refractivity contribution in [1.29, 1.82) is 0 Å². The fourth-order valence-corrected chi connectivity index (χ4v) is 4.83. The number of urea groups is 1. The van der Waals surface area contributed by atoms with Gasteiger partial charge in [-0.15, -0.1) is 0 Å². The van der Waals surface area contributed by atoms with Crippen LogP contribution in [0.4, 0.5) is 4.79 Å². The van der Waals surface area contributed by atoms with E-state index < -0.39 is 17.5 Å². The van der Waals surface area contributed by atoms with Gasteiger partial charge in [0.05, 0.1) is 19.3 Å². The van der Waals surface area contributed by atoms with Crippen molar-refractivity contribution in [3.63, 3.8) is 0 Å². The highest BCUT2D eigenvalue weighted by Gasteiger charge is 2.43. The predicted octanol–water partition coefficient (Wildman–Crippen LogP) is 5.52. The molecule has 38 heavy (non-hydrogen) atoms. The summed E-state index contributed by atoms with van der Waals surface area (Å²) in [5.74, 6) is 0.408. The molecule has 208 valence electrons. The molecular formula is C30H42N2O6. The Balaban J connectivity index is 1.86. The van der Waals surface area contributed by atoms with Crippen LogP contribution in [-0.2, 0) is 16.0 Å². The summed E-state index contributed by atoms with van der Waals surface area (Å²) in [6, 6.07) is 13.4. The number of hydrogen-bond donors (Lipinski definition) is 2. The molecule has 8 nitrogen and oxygen atoms in total. The van der Waals surface area contributed by atoms with Crippen LogP contribution in [0.3, 0.4) is 0 Å². The SMILES string of the molecule is CCOc1cc([C@@H](C)N(CCCCc2ccccc2)C(=O)NC2(C(=O)O)CCOCC2)cc(OCC)c1C. The molecule has 1 saturated heterocycles. The largest absolute Gasteiger partial charge is 0.493 e. The molecule has 1 aliphatic rings. The second-order valence-electron chi connectivity index (χ2n) is 9.75. The third-order valence-electron chi connectivity index (χ3n) is 7.20. The molecule has 2 amide bonds. The molecule has 0 aliphatic carbocycles. The number of amides is 2. The first-order valence-electron chi connectivity index (χ1n) is 13.6. The number of unbranched alkanes of at least 4 members (excludes halogenated alkanes) is 1. The van der Waals surface area contributed by atoms with Crippen molar-refractivity contribution in [3.8, 4) is 11.5 Å². The first-order valence-corrected chi connectivity index (χ1v) is 13.6. The van der Waals surface area contributed by atoms with E-state index in [2.05, 4.69) is 17.4 Å². The molecule has 0 spiro atoms. The van der Waals surface area contributed by atoms with E-state index in [-0.39, 0.29) is 18.9 Å². The maximum absolute atomic E-state index is 13.7. The molecule has 1 aliphatic heterocycles. The lowest BCUT2D eigenvalue weighted by Crippen LogP contribution is -2.60. The Hall–Kier alpha value is -3.26. The monoisotopic (exact) mass is 526 g/mol. The van der Waals surface area contributed by atoms with Gasteiger partial charge in [-0.05, 0) is 70.2 Å². The predicted molar refractivity (Wildman–Crippen MR) is 147 cm³/mol. The minimum atomic E-state index is -1.34. The first-order chi connectivity index (χ1) is 18.3. The average Bonchev–Trinajstić information content (AvgIpc) is 2.91. The van der Waals surface area contributed by atoms with Crippen LogP contribution in [0.25, 0.3) is 0 Å². The van der Waals surface area contributed by atoms with Crippen LogP contribution in [0.5, 0.6) is 11.5 Å². The molecule has 0 saturated carbocycles. The Morgan fingerprint density at radius 1 is 1.05 bits per heavy atom. The van der Waals surface area contributed by atoms with E-state index in [1.165, 1.54) is 5.56 Å². The van der Waals surface area contributed by atoms with E-state index in [0.29, 0.717) is 33.0 Å². The van der Waals surface area contributed by atoms with E-state index >= 15 is 0 Å². The number of hydrogen-bond acceptors (Lipinski definition) is 5. The number of aryl methyl sites for hydroxylation is 1. The van der Waals surface area contributed by atoms with Crippen molar-refractivity contribution in [1.82, 2.24) is 10.2 Å². The molecule has 3 rings (SSSR count). The molecule has 0 bridgehead atoms. The summed E-state index contributed by atoms with van der Waals surface area (Å²) in [6.07, 6.45) is 3.06. The highest BCUT2D eigenvalue weighted by molar-refractivity contribution is 5.86. The number of nitrogens with zero attached hydrogens (tertiary/aromatic N) is 1. The van der Waals surface area contributed by atoms with Crippen LogP contribution in [0, 0.1) is 6.92 Å². The summed E-state index contributed by atoms with van der Waals surface area (Å²) in [6.45, 7) is 9.88. The summed E-state index contributed by atoms with van der Waals surface area (Å²) in [4.78, 5) is 27.7. The minimum Gasteiger partial charge on any atom is -0.493 e. The van der Waals surface area contributed by atoms with E-state index in [1.54, 1.807) is 4.90 Å². The normalized spacial score (nSPS) is 15.4. The van der Waals surface area contributed by atoms with Gasteiger partial charge in [0.1, 0.15) is 17.0 Å². The summed E-state index contributed by atoms with van der Waals surface area (Å²) < 4.78 is 17.1. The van der Waals surface area contributed by atoms with Crippen LogP contribution < -0.4 is 14.8 Å². The van der Waals surface area contributed by atoms with Gasteiger partial charge in [0, 0.05) is 38.2 Å². The first kappa shape index (κ1) is 29.3. The van der Waals surface area contributed by atoms with Gasteiger partial charge >= 0.3 is 12.0 Å². The zero-order valence-corrected chi connectivity index (χ0v) is 23.1. The number of carboxylic acids is 1. The number of rotatable bonds is 13. The van der Waals surface area contributed by atoms with E-state index in [4.69, 9.17) is 14.2 Å². The van der Waals surface area contributed by atoms with Crippen LogP contribution in [-0.4, -0.2) is 60.5 Å². The fraction of sp³-hybridized carbons (Fsp3) is 0.533. The number of carbonyl (C=O) groups excluding carboxylic acids is 1. The van der Waals surface area contributed by atoms with Gasteiger partial charge in [0.2, 0.25) is 0 Å². The van der Waals surface area contributed by atoms with Gasteiger partial charge in [-0.2, -0.15) is 0 Å². The highest BCUT2D eigenvalue weighted by atomic mass is 16.5. The van der Waals surface area contributed by atoms with Crippen molar-refractivity contribution in [2.24, 2.45) is 0 Å².